The zero-order valence-electron chi connectivity index (χ0n) is 5.67. The van der Waals surface area contributed by atoms with Crippen molar-refractivity contribution in [2.45, 2.75) is 32.1 Å². The first-order valence-electron chi connectivity index (χ1n) is 2.98. The Bertz CT molecular complexity index is 134. The second-order valence-electron chi connectivity index (χ2n) is 3.15. The van der Waals surface area contributed by atoms with Gasteiger partial charge in [-0.2, -0.15) is 0 Å². The van der Waals surface area contributed by atoms with E-state index in [1.807, 2.05) is 0 Å². The van der Waals surface area contributed by atoms with Gasteiger partial charge in [0.2, 0.25) is 0 Å². The monoisotopic (exact) mass is 156 g/mol. The summed E-state index contributed by atoms with van der Waals surface area (Å²) in [6.45, 7) is 2.04. The molecule has 0 aromatic heterocycles. The van der Waals surface area contributed by atoms with E-state index >= 15 is 0 Å². The lowest BCUT2D eigenvalue weighted by molar-refractivity contribution is -0.283. The van der Waals surface area contributed by atoms with E-state index in [9.17, 15) is 17.6 Å². The molecule has 1 fully saturated rings. The second-order valence-corrected chi connectivity index (χ2v) is 3.15. The smallest absolute Gasteiger partial charge is 0.243 e. The minimum atomic E-state index is -3.49. The molecule has 0 radical (unpaired) electrons. The quantitative estimate of drug-likeness (QED) is 0.472. The van der Waals surface area contributed by atoms with E-state index < -0.39 is 23.7 Å². The van der Waals surface area contributed by atoms with E-state index in [0.29, 0.717) is 0 Å². The topological polar surface area (TPSA) is 0 Å². The molecular formula is C6H8F4. The fourth-order valence-electron chi connectivity index (χ4n) is 0.993. The molecule has 0 aliphatic heterocycles. The predicted octanol–water partition coefficient (Wildman–Crippen LogP) is 2.34. The van der Waals surface area contributed by atoms with Gasteiger partial charge in [-0.05, 0) is 0 Å². The van der Waals surface area contributed by atoms with Crippen molar-refractivity contribution in [2.24, 2.45) is 5.41 Å². The molecule has 1 aliphatic carbocycles. The van der Waals surface area contributed by atoms with Crippen molar-refractivity contribution < 1.29 is 17.6 Å². The molecule has 2 atom stereocenters. The molecule has 0 aromatic carbocycles. The average molecular weight is 156 g/mol. The molecule has 0 aromatic rings. The van der Waals surface area contributed by atoms with E-state index in [0.717, 1.165) is 13.8 Å². The lowest BCUT2D eigenvalue weighted by atomic mass is 9.65. The third-order valence-corrected chi connectivity index (χ3v) is 2.15. The standard InChI is InChI=1S/C6H8F4/c1-5(2)3(7)4(8)6(5,9)10/h3-4H,1-2H3. The summed E-state index contributed by atoms with van der Waals surface area (Å²) < 4.78 is 49.1. The molecule has 1 aliphatic rings. The van der Waals surface area contributed by atoms with Crippen LogP contribution in [0, 0.1) is 5.41 Å². The molecule has 1 saturated carbocycles. The third kappa shape index (κ3) is 0.571. The Morgan fingerprint density at radius 1 is 1.00 bits per heavy atom. The van der Waals surface area contributed by atoms with Gasteiger partial charge in [0.15, 0.2) is 6.17 Å². The molecule has 0 nitrogen and oxygen atoms in total. The SMILES string of the molecule is CC1(C)C(F)C(F)C1(F)F. The first-order valence-corrected chi connectivity index (χ1v) is 2.98. The van der Waals surface area contributed by atoms with Crippen LogP contribution in [0.3, 0.4) is 0 Å². The van der Waals surface area contributed by atoms with Crippen LogP contribution in [0.4, 0.5) is 17.6 Å². The molecule has 0 bridgehead atoms. The van der Waals surface area contributed by atoms with Crippen LogP contribution in [0.25, 0.3) is 0 Å². The Kier molecular flexibility index (Phi) is 1.29. The van der Waals surface area contributed by atoms with Gasteiger partial charge in [-0.15, -0.1) is 0 Å². The van der Waals surface area contributed by atoms with Gasteiger partial charge < -0.3 is 0 Å². The van der Waals surface area contributed by atoms with E-state index in [-0.39, 0.29) is 0 Å². The number of rotatable bonds is 0. The van der Waals surface area contributed by atoms with Crippen molar-refractivity contribution in [3.05, 3.63) is 0 Å². The Hall–Kier alpha value is -0.280. The van der Waals surface area contributed by atoms with Crippen LogP contribution < -0.4 is 0 Å². The second kappa shape index (κ2) is 1.66. The summed E-state index contributed by atoms with van der Waals surface area (Å²) in [5.74, 6) is -3.49. The van der Waals surface area contributed by atoms with Crippen LogP contribution in [0.5, 0.6) is 0 Å². The van der Waals surface area contributed by atoms with Crippen LogP contribution in [-0.2, 0) is 0 Å². The maximum Gasteiger partial charge on any atom is 0.289 e. The Morgan fingerprint density at radius 2 is 1.40 bits per heavy atom. The first-order chi connectivity index (χ1) is 4.32. The highest BCUT2D eigenvalue weighted by atomic mass is 19.3. The molecule has 1 rings (SSSR count). The van der Waals surface area contributed by atoms with Gasteiger partial charge in [0.05, 0.1) is 5.41 Å². The highest BCUT2D eigenvalue weighted by Crippen LogP contribution is 2.56. The van der Waals surface area contributed by atoms with Crippen molar-refractivity contribution in [3.63, 3.8) is 0 Å². The summed E-state index contributed by atoms with van der Waals surface area (Å²) in [6.07, 6.45) is -4.63. The Labute approximate surface area is 56.2 Å². The minimum Gasteiger partial charge on any atom is -0.243 e. The van der Waals surface area contributed by atoms with Crippen molar-refractivity contribution in [1.29, 1.82) is 0 Å². The first kappa shape index (κ1) is 7.82. The highest BCUT2D eigenvalue weighted by molar-refractivity contribution is 5.11. The normalized spacial score (nSPS) is 42.6. The molecule has 60 valence electrons. The molecule has 0 saturated heterocycles. The average Bonchev–Trinajstić information content (AvgIpc) is 1.84. The summed E-state index contributed by atoms with van der Waals surface area (Å²) in [5.41, 5.74) is -1.83. The van der Waals surface area contributed by atoms with E-state index in [4.69, 9.17) is 0 Å². The highest BCUT2D eigenvalue weighted by Gasteiger charge is 2.72. The van der Waals surface area contributed by atoms with E-state index in [1.54, 1.807) is 0 Å². The summed E-state index contributed by atoms with van der Waals surface area (Å²) in [6, 6.07) is 0. The summed E-state index contributed by atoms with van der Waals surface area (Å²) >= 11 is 0. The molecule has 0 amide bonds. The Balaban J connectivity index is 2.82. The van der Waals surface area contributed by atoms with Gasteiger partial charge >= 0.3 is 0 Å². The van der Waals surface area contributed by atoms with Crippen LogP contribution >= 0.6 is 0 Å². The van der Waals surface area contributed by atoms with Crippen LogP contribution in [-0.4, -0.2) is 18.3 Å². The summed E-state index contributed by atoms with van der Waals surface area (Å²) in [7, 11) is 0. The zero-order chi connectivity index (χ0) is 8.15. The van der Waals surface area contributed by atoms with Crippen molar-refractivity contribution in [1.82, 2.24) is 0 Å². The maximum atomic E-state index is 12.3. The van der Waals surface area contributed by atoms with Crippen LogP contribution in [0.15, 0.2) is 0 Å². The zero-order valence-corrected chi connectivity index (χ0v) is 5.67. The van der Waals surface area contributed by atoms with Gasteiger partial charge in [-0.1, -0.05) is 13.8 Å². The summed E-state index contributed by atoms with van der Waals surface area (Å²) in [5, 5.41) is 0. The van der Waals surface area contributed by atoms with Gasteiger partial charge in [0.1, 0.15) is 6.17 Å². The van der Waals surface area contributed by atoms with Gasteiger partial charge in [0.25, 0.3) is 5.92 Å². The molecule has 0 spiro atoms. The Morgan fingerprint density at radius 3 is 1.50 bits per heavy atom. The predicted molar refractivity (Wildman–Crippen MR) is 28.5 cm³/mol. The lowest BCUT2D eigenvalue weighted by Gasteiger charge is -2.49. The number of alkyl halides is 4. The van der Waals surface area contributed by atoms with Crippen molar-refractivity contribution >= 4 is 0 Å². The van der Waals surface area contributed by atoms with Gasteiger partial charge in [-0.25, -0.2) is 17.6 Å². The largest absolute Gasteiger partial charge is 0.289 e. The van der Waals surface area contributed by atoms with E-state index in [1.165, 1.54) is 0 Å². The number of hydrogen-bond acceptors (Lipinski definition) is 0. The van der Waals surface area contributed by atoms with Crippen LogP contribution in [0.1, 0.15) is 13.8 Å². The fraction of sp³-hybridized carbons (Fsp3) is 1.00. The molecule has 2 unspecified atom stereocenters. The number of hydrogen-bond donors (Lipinski definition) is 0. The number of halogens is 4. The molecular weight excluding hydrogens is 148 g/mol. The van der Waals surface area contributed by atoms with Crippen molar-refractivity contribution in [3.8, 4) is 0 Å². The molecule has 0 heterocycles. The lowest BCUT2D eigenvalue weighted by Crippen LogP contribution is -2.66. The fourth-order valence-corrected chi connectivity index (χ4v) is 0.993. The van der Waals surface area contributed by atoms with Crippen LogP contribution in [0.2, 0.25) is 0 Å². The van der Waals surface area contributed by atoms with Gasteiger partial charge in [-0.3, -0.25) is 0 Å². The van der Waals surface area contributed by atoms with E-state index in [2.05, 4.69) is 0 Å². The summed E-state index contributed by atoms with van der Waals surface area (Å²) in [4.78, 5) is 0. The molecule has 0 N–H and O–H groups in total. The maximum absolute atomic E-state index is 12.3. The minimum absolute atomic E-state index is 1.02. The van der Waals surface area contributed by atoms with Crippen molar-refractivity contribution in [2.75, 3.05) is 0 Å². The molecule has 10 heavy (non-hydrogen) atoms. The molecule has 4 heteroatoms. The third-order valence-electron chi connectivity index (χ3n) is 2.15. The van der Waals surface area contributed by atoms with Gasteiger partial charge in [0, 0.05) is 0 Å².